The van der Waals surface area contributed by atoms with Crippen LogP contribution in [0.2, 0.25) is 0 Å². The number of cyclic esters (lactones) is 2. The topological polar surface area (TPSA) is 89.9 Å². The normalized spacial score (nSPS) is 25.4. The third kappa shape index (κ3) is 3.29. The summed E-state index contributed by atoms with van der Waals surface area (Å²) in [6.07, 6.45) is -5.56. The molecule has 0 aromatic rings. The lowest BCUT2D eigenvalue weighted by atomic mass is 10.4. The highest BCUT2D eigenvalue weighted by Crippen LogP contribution is 2.51. The Kier molecular flexibility index (Phi) is 3.41. The number of carbonyl (C=O) groups is 2. The molecule has 1 aliphatic rings. The number of hydrogen-bond donors (Lipinski definition) is 1. The largest absolute Gasteiger partial charge is 0.412 e. The van der Waals surface area contributed by atoms with Gasteiger partial charge in [0, 0.05) is 0 Å². The zero-order valence-corrected chi connectivity index (χ0v) is 8.46. The molecule has 1 aliphatic heterocycles. The average Bonchev–Trinajstić information content (AvgIpc) is 2.42. The molecule has 1 rings (SSSR count). The molecule has 0 saturated carbocycles. The zero-order chi connectivity index (χ0) is 12.6. The van der Waals surface area contributed by atoms with Crippen molar-refractivity contribution >= 4 is 19.5 Å². The lowest BCUT2D eigenvalue weighted by Gasteiger charge is -2.15. The molecule has 16 heavy (non-hydrogen) atoms. The van der Waals surface area contributed by atoms with Gasteiger partial charge in [-0.05, 0) is 0 Å². The van der Waals surface area contributed by atoms with E-state index in [2.05, 4.69) is 9.26 Å². The molecule has 0 aliphatic carbocycles. The summed E-state index contributed by atoms with van der Waals surface area (Å²) in [6.45, 7) is -1.97. The smallest absolute Gasteiger partial charge is 0.392 e. The number of hydrogen-bond acceptors (Lipinski definition) is 5. The molecule has 1 heterocycles. The summed E-state index contributed by atoms with van der Waals surface area (Å²) in [5.74, 6) is -2.42. The van der Waals surface area contributed by atoms with Crippen molar-refractivity contribution in [2.45, 2.75) is 18.3 Å². The van der Waals surface area contributed by atoms with Gasteiger partial charge in [0.15, 0.2) is 12.3 Å². The van der Waals surface area contributed by atoms with Crippen molar-refractivity contribution in [2.24, 2.45) is 0 Å². The van der Waals surface area contributed by atoms with Crippen LogP contribution in [0.4, 0.5) is 13.2 Å². The van der Waals surface area contributed by atoms with Gasteiger partial charge in [-0.15, -0.1) is 0 Å². The van der Waals surface area contributed by atoms with Gasteiger partial charge in [-0.3, -0.25) is 18.7 Å². The molecule has 92 valence electrons. The minimum Gasteiger partial charge on any atom is -0.392 e. The molecule has 10 heteroatoms. The van der Waals surface area contributed by atoms with Gasteiger partial charge in [0.1, 0.15) is 0 Å². The molecular weight excluding hydrogens is 256 g/mol. The minimum absolute atomic E-state index is 0.759. The van der Waals surface area contributed by atoms with Crippen molar-refractivity contribution in [3.8, 4) is 0 Å². The Morgan fingerprint density at radius 1 is 1.50 bits per heavy atom. The van der Waals surface area contributed by atoms with Gasteiger partial charge in [0.2, 0.25) is 0 Å². The summed E-state index contributed by atoms with van der Waals surface area (Å²) < 4.78 is 54.0. The van der Waals surface area contributed by atoms with Gasteiger partial charge >= 0.3 is 25.7 Å². The van der Waals surface area contributed by atoms with Crippen molar-refractivity contribution in [1.29, 1.82) is 0 Å². The number of alkyl halides is 3. The summed E-state index contributed by atoms with van der Waals surface area (Å²) in [4.78, 5) is 30.4. The van der Waals surface area contributed by atoms with Gasteiger partial charge in [-0.1, -0.05) is 0 Å². The van der Waals surface area contributed by atoms with E-state index in [9.17, 15) is 27.3 Å². The third-order valence-electron chi connectivity index (χ3n) is 1.65. The van der Waals surface area contributed by atoms with Gasteiger partial charge in [-0.25, -0.2) is 0 Å². The van der Waals surface area contributed by atoms with Crippen LogP contribution in [0, 0.1) is 0 Å². The fourth-order valence-corrected chi connectivity index (χ4v) is 2.18. The molecule has 0 aromatic heterocycles. The van der Waals surface area contributed by atoms with E-state index >= 15 is 0 Å². The maximum atomic E-state index is 11.7. The second kappa shape index (κ2) is 4.15. The first-order valence-electron chi connectivity index (χ1n) is 3.90. The lowest BCUT2D eigenvalue weighted by molar-refractivity contribution is -0.156. The van der Waals surface area contributed by atoms with E-state index in [1.165, 1.54) is 0 Å². The number of rotatable bonds is 3. The van der Waals surface area contributed by atoms with E-state index < -0.39 is 44.4 Å². The van der Waals surface area contributed by atoms with Crippen LogP contribution in [0.3, 0.4) is 0 Å². The molecular formula is C6H6F3O6P. The first-order valence-corrected chi connectivity index (χ1v) is 5.55. The summed E-state index contributed by atoms with van der Waals surface area (Å²) in [5, 5.41) is 0. The van der Waals surface area contributed by atoms with Crippen LogP contribution >= 0.6 is 7.60 Å². The van der Waals surface area contributed by atoms with E-state index in [0.29, 0.717) is 0 Å². The highest BCUT2D eigenvalue weighted by Gasteiger charge is 2.48. The van der Waals surface area contributed by atoms with Crippen LogP contribution in [0.15, 0.2) is 0 Å². The first-order chi connectivity index (χ1) is 7.12. The zero-order valence-electron chi connectivity index (χ0n) is 7.56. The second-order valence-electron chi connectivity index (χ2n) is 2.97. The molecule has 0 amide bonds. The molecule has 6 nitrogen and oxygen atoms in total. The number of esters is 2. The Balaban J connectivity index is 2.67. The van der Waals surface area contributed by atoms with Crippen molar-refractivity contribution in [3.05, 3.63) is 0 Å². The van der Waals surface area contributed by atoms with Crippen LogP contribution in [0.5, 0.6) is 0 Å². The number of halogens is 3. The molecule has 0 radical (unpaired) electrons. The molecule has 0 aromatic carbocycles. The van der Waals surface area contributed by atoms with E-state index in [4.69, 9.17) is 4.89 Å². The van der Waals surface area contributed by atoms with Crippen LogP contribution in [-0.4, -0.2) is 35.3 Å². The van der Waals surface area contributed by atoms with Crippen LogP contribution in [-0.2, 0) is 23.4 Å². The Hall–Kier alpha value is -0.920. The first kappa shape index (κ1) is 13.1. The van der Waals surface area contributed by atoms with Crippen molar-refractivity contribution < 1.29 is 41.5 Å². The van der Waals surface area contributed by atoms with Crippen molar-refractivity contribution in [3.63, 3.8) is 0 Å². The number of carbonyl (C=O) groups excluding carboxylic acids is 2. The van der Waals surface area contributed by atoms with Gasteiger partial charge in [0.25, 0.3) is 0 Å². The third-order valence-corrected chi connectivity index (χ3v) is 3.33. The van der Waals surface area contributed by atoms with Crippen LogP contribution < -0.4 is 0 Å². The molecule has 1 fully saturated rings. The molecule has 2 atom stereocenters. The average molecular weight is 262 g/mol. The van der Waals surface area contributed by atoms with Gasteiger partial charge < -0.3 is 9.63 Å². The van der Waals surface area contributed by atoms with Crippen molar-refractivity contribution in [1.82, 2.24) is 0 Å². The Labute approximate surface area is 86.9 Å². The highest BCUT2D eigenvalue weighted by atomic mass is 31.2. The quantitative estimate of drug-likeness (QED) is 0.455. The molecule has 0 bridgehead atoms. The van der Waals surface area contributed by atoms with Crippen LogP contribution in [0.1, 0.15) is 6.42 Å². The Bertz CT molecular complexity index is 364. The van der Waals surface area contributed by atoms with E-state index in [-0.39, 0.29) is 0 Å². The molecule has 1 saturated heterocycles. The summed E-state index contributed by atoms with van der Waals surface area (Å²) in [5.41, 5.74) is -1.87. The predicted octanol–water partition coefficient (Wildman–Crippen LogP) is 0.593. The fourth-order valence-electron chi connectivity index (χ4n) is 0.967. The molecule has 1 N–H and O–H groups in total. The van der Waals surface area contributed by atoms with E-state index in [0.717, 1.165) is 0 Å². The minimum atomic E-state index is -4.85. The van der Waals surface area contributed by atoms with Gasteiger partial charge in [0.05, 0.1) is 6.42 Å². The SMILES string of the molecule is O=C1CC(P(=O)(O)OCC(F)(F)F)C(=O)O1. The monoisotopic (exact) mass is 262 g/mol. The highest BCUT2D eigenvalue weighted by molar-refractivity contribution is 7.54. The Morgan fingerprint density at radius 3 is 2.44 bits per heavy atom. The summed E-state index contributed by atoms with van der Waals surface area (Å²) in [7, 11) is -4.85. The van der Waals surface area contributed by atoms with E-state index in [1.54, 1.807) is 0 Å². The summed E-state index contributed by atoms with van der Waals surface area (Å²) >= 11 is 0. The second-order valence-corrected chi connectivity index (χ2v) is 4.98. The van der Waals surface area contributed by atoms with Crippen LogP contribution in [0.25, 0.3) is 0 Å². The molecule has 2 unspecified atom stereocenters. The summed E-state index contributed by atoms with van der Waals surface area (Å²) in [6, 6.07) is 0. The standard InChI is InChI=1S/C6H6F3O6P/c7-6(8,9)2-14-16(12,13)3-1-4(10)15-5(3)11/h3H,1-2H2,(H,12,13). The fraction of sp³-hybridized carbons (Fsp3) is 0.667. The Morgan fingerprint density at radius 2 is 2.06 bits per heavy atom. The van der Waals surface area contributed by atoms with Gasteiger partial charge in [-0.2, -0.15) is 13.2 Å². The lowest BCUT2D eigenvalue weighted by Crippen LogP contribution is -2.21. The maximum absolute atomic E-state index is 11.7. The van der Waals surface area contributed by atoms with Crippen molar-refractivity contribution in [2.75, 3.05) is 6.61 Å². The maximum Gasteiger partial charge on any atom is 0.412 e. The predicted molar refractivity (Wildman–Crippen MR) is 41.3 cm³/mol. The number of ether oxygens (including phenoxy) is 1. The van der Waals surface area contributed by atoms with E-state index in [1.807, 2.05) is 0 Å². The molecule has 0 spiro atoms.